The van der Waals surface area contributed by atoms with Gasteiger partial charge in [0.1, 0.15) is 5.76 Å². The Labute approximate surface area is 159 Å². The van der Waals surface area contributed by atoms with Crippen molar-refractivity contribution >= 4 is 15.9 Å². The SMILES string of the molecule is Cc1ccc(S(=O)(=O)NC2CC2)cc1C(=O)NCC(c1ccco1)N(C)C. The third kappa shape index (κ3) is 4.77. The number of sulfonamides is 1. The number of aryl methyl sites for hydroxylation is 1. The van der Waals surface area contributed by atoms with Gasteiger partial charge in [0.25, 0.3) is 5.91 Å². The summed E-state index contributed by atoms with van der Waals surface area (Å²) in [6, 6.07) is 8.19. The summed E-state index contributed by atoms with van der Waals surface area (Å²) in [5.74, 6) is 0.441. The van der Waals surface area contributed by atoms with Crippen LogP contribution in [0.4, 0.5) is 0 Å². The van der Waals surface area contributed by atoms with Crippen molar-refractivity contribution in [2.45, 2.75) is 36.7 Å². The zero-order chi connectivity index (χ0) is 19.6. The first-order chi connectivity index (χ1) is 12.8. The lowest BCUT2D eigenvalue weighted by Crippen LogP contribution is -2.34. The summed E-state index contributed by atoms with van der Waals surface area (Å²) in [6.45, 7) is 2.13. The summed E-state index contributed by atoms with van der Waals surface area (Å²) in [5.41, 5.74) is 1.07. The molecule has 0 aliphatic heterocycles. The van der Waals surface area contributed by atoms with Crippen LogP contribution in [0.15, 0.2) is 45.9 Å². The molecule has 1 amide bonds. The van der Waals surface area contributed by atoms with Gasteiger partial charge in [0.05, 0.1) is 17.2 Å². The Hall–Kier alpha value is -2.16. The molecule has 3 rings (SSSR count). The summed E-state index contributed by atoms with van der Waals surface area (Å²) in [6.07, 6.45) is 3.31. The molecule has 7 nitrogen and oxygen atoms in total. The van der Waals surface area contributed by atoms with Crippen LogP contribution in [0, 0.1) is 6.92 Å². The van der Waals surface area contributed by atoms with E-state index >= 15 is 0 Å². The van der Waals surface area contributed by atoms with Crippen molar-refractivity contribution in [1.29, 1.82) is 0 Å². The Morgan fingerprint density at radius 3 is 2.63 bits per heavy atom. The van der Waals surface area contributed by atoms with E-state index in [2.05, 4.69) is 10.0 Å². The highest BCUT2D eigenvalue weighted by atomic mass is 32.2. The molecule has 1 fully saturated rings. The first kappa shape index (κ1) is 19.6. The lowest BCUT2D eigenvalue weighted by molar-refractivity contribution is 0.0938. The van der Waals surface area contributed by atoms with Crippen LogP contribution in [0.5, 0.6) is 0 Å². The van der Waals surface area contributed by atoms with E-state index in [9.17, 15) is 13.2 Å². The zero-order valence-corrected chi connectivity index (χ0v) is 16.5. The molecule has 0 radical (unpaired) electrons. The molecular formula is C19H25N3O4S. The van der Waals surface area contributed by atoms with Gasteiger partial charge in [-0.3, -0.25) is 9.69 Å². The number of furan rings is 1. The molecule has 0 bridgehead atoms. The topological polar surface area (TPSA) is 91.6 Å². The largest absolute Gasteiger partial charge is 0.468 e. The molecular weight excluding hydrogens is 366 g/mol. The Kier molecular flexibility index (Phi) is 5.69. The van der Waals surface area contributed by atoms with E-state index in [1.54, 1.807) is 25.3 Å². The second-order valence-electron chi connectivity index (χ2n) is 7.08. The number of hydrogen-bond donors (Lipinski definition) is 2. The summed E-state index contributed by atoms with van der Waals surface area (Å²) in [4.78, 5) is 14.8. The maximum atomic E-state index is 12.7. The van der Waals surface area contributed by atoms with E-state index in [0.29, 0.717) is 12.1 Å². The first-order valence-corrected chi connectivity index (χ1v) is 10.4. The minimum absolute atomic E-state index is 0.0164. The molecule has 2 N–H and O–H groups in total. The van der Waals surface area contributed by atoms with E-state index in [-0.39, 0.29) is 22.9 Å². The molecule has 1 aromatic carbocycles. The van der Waals surface area contributed by atoms with E-state index in [0.717, 1.165) is 24.2 Å². The highest BCUT2D eigenvalue weighted by Crippen LogP contribution is 2.23. The van der Waals surface area contributed by atoms with Crippen molar-refractivity contribution in [3.05, 3.63) is 53.5 Å². The summed E-state index contributed by atoms with van der Waals surface area (Å²) in [5, 5.41) is 2.89. The van der Waals surface area contributed by atoms with E-state index in [1.807, 2.05) is 25.1 Å². The first-order valence-electron chi connectivity index (χ1n) is 8.89. The van der Waals surface area contributed by atoms with Crippen LogP contribution in [0.2, 0.25) is 0 Å². The molecule has 1 heterocycles. The van der Waals surface area contributed by atoms with Crippen molar-refractivity contribution in [3.63, 3.8) is 0 Å². The predicted octanol–water partition coefficient (Wildman–Crippen LogP) is 2.06. The molecule has 0 spiro atoms. The quantitative estimate of drug-likeness (QED) is 0.719. The smallest absolute Gasteiger partial charge is 0.251 e. The summed E-state index contributed by atoms with van der Waals surface area (Å²) < 4.78 is 32.9. The van der Waals surface area contributed by atoms with Gasteiger partial charge in [-0.25, -0.2) is 13.1 Å². The van der Waals surface area contributed by atoms with E-state index in [1.165, 1.54) is 12.1 Å². The molecule has 1 aliphatic carbocycles. The van der Waals surface area contributed by atoms with Gasteiger partial charge in [0, 0.05) is 18.2 Å². The second-order valence-corrected chi connectivity index (χ2v) is 8.79. The molecule has 1 atom stereocenters. The van der Waals surface area contributed by atoms with Crippen LogP contribution in [-0.2, 0) is 10.0 Å². The molecule has 1 aliphatic rings. The van der Waals surface area contributed by atoms with E-state index < -0.39 is 10.0 Å². The fourth-order valence-corrected chi connectivity index (χ4v) is 4.14. The Balaban J connectivity index is 1.75. The highest BCUT2D eigenvalue weighted by molar-refractivity contribution is 7.89. The minimum atomic E-state index is -3.60. The molecule has 146 valence electrons. The molecule has 1 aromatic heterocycles. The second kappa shape index (κ2) is 7.84. The minimum Gasteiger partial charge on any atom is -0.468 e. The molecule has 1 saturated carbocycles. The monoisotopic (exact) mass is 391 g/mol. The average Bonchev–Trinajstić information content (AvgIpc) is 3.24. The van der Waals surface area contributed by atoms with Gasteiger partial charge in [-0.1, -0.05) is 6.07 Å². The number of nitrogens with zero attached hydrogens (tertiary/aromatic N) is 1. The number of benzene rings is 1. The molecule has 0 saturated heterocycles. The number of carbonyl (C=O) groups is 1. The van der Waals surface area contributed by atoms with Crippen LogP contribution in [0.3, 0.4) is 0 Å². The van der Waals surface area contributed by atoms with Gasteiger partial charge in [-0.2, -0.15) is 0 Å². The average molecular weight is 391 g/mol. The maximum absolute atomic E-state index is 12.7. The third-order valence-electron chi connectivity index (χ3n) is 4.61. The molecule has 1 unspecified atom stereocenters. The van der Waals surface area contributed by atoms with Crippen molar-refractivity contribution in [1.82, 2.24) is 14.9 Å². The van der Waals surface area contributed by atoms with Crippen LogP contribution in [-0.4, -0.2) is 45.9 Å². The van der Waals surface area contributed by atoms with Crippen LogP contribution in [0.25, 0.3) is 0 Å². The highest BCUT2D eigenvalue weighted by Gasteiger charge is 2.28. The normalized spacial score (nSPS) is 15.7. The van der Waals surface area contributed by atoms with Crippen LogP contribution >= 0.6 is 0 Å². The van der Waals surface area contributed by atoms with Gasteiger partial charge >= 0.3 is 0 Å². The van der Waals surface area contributed by atoms with Crippen molar-refractivity contribution in [2.75, 3.05) is 20.6 Å². The molecule has 2 aromatic rings. The number of rotatable bonds is 8. The van der Waals surface area contributed by atoms with Gasteiger partial charge < -0.3 is 9.73 Å². The van der Waals surface area contributed by atoms with Gasteiger partial charge in [0.15, 0.2) is 0 Å². The third-order valence-corrected chi connectivity index (χ3v) is 6.13. The Bertz CT molecular complexity index is 903. The zero-order valence-electron chi connectivity index (χ0n) is 15.7. The van der Waals surface area contributed by atoms with Crippen molar-refractivity contribution < 1.29 is 17.6 Å². The lowest BCUT2D eigenvalue weighted by atomic mass is 10.1. The fourth-order valence-electron chi connectivity index (χ4n) is 2.80. The number of nitrogens with one attached hydrogen (secondary N) is 2. The number of hydrogen-bond acceptors (Lipinski definition) is 5. The number of carbonyl (C=O) groups excluding carboxylic acids is 1. The maximum Gasteiger partial charge on any atom is 0.251 e. The van der Waals surface area contributed by atoms with Gasteiger partial charge in [-0.15, -0.1) is 0 Å². The fraction of sp³-hybridized carbons (Fsp3) is 0.421. The summed E-state index contributed by atoms with van der Waals surface area (Å²) >= 11 is 0. The Morgan fingerprint density at radius 2 is 2.04 bits per heavy atom. The van der Waals surface area contributed by atoms with Crippen molar-refractivity contribution in [3.8, 4) is 0 Å². The summed E-state index contributed by atoms with van der Waals surface area (Å²) in [7, 11) is 0.205. The predicted molar refractivity (Wildman–Crippen MR) is 102 cm³/mol. The van der Waals surface area contributed by atoms with Gasteiger partial charge in [0.2, 0.25) is 10.0 Å². The van der Waals surface area contributed by atoms with Crippen molar-refractivity contribution in [2.24, 2.45) is 0 Å². The lowest BCUT2D eigenvalue weighted by Gasteiger charge is -2.22. The standard InChI is InChI=1S/C19H25N3O4S/c1-13-6-9-15(27(24,25)21-14-7-8-14)11-16(13)19(23)20-12-17(22(2)3)18-5-4-10-26-18/h4-6,9-11,14,17,21H,7-8,12H2,1-3H3,(H,20,23). The Morgan fingerprint density at radius 1 is 1.30 bits per heavy atom. The van der Waals surface area contributed by atoms with Crippen LogP contribution < -0.4 is 10.0 Å². The number of likely N-dealkylation sites (N-methyl/N-ethyl adjacent to an activating group) is 1. The number of amides is 1. The van der Waals surface area contributed by atoms with E-state index in [4.69, 9.17) is 4.42 Å². The molecule has 8 heteroatoms. The molecule has 27 heavy (non-hydrogen) atoms. The van der Waals surface area contributed by atoms with Crippen LogP contribution in [0.1, 0.15) is 40.6 Å². The van der Waals surface area contributed by atoms with Gasteiger partial charge in [-0.05, 0) is 63.7 Å².